The van der Waals surface area contributed by atoms with E-state index in [4.69, 9.17) is 0 Å². The van der Waals surface area contributed by atoms with Crippen molar-refractivity contribution in [3.63, 3.8) is 0 Å². The van der Waals surface area contributed by atoms with Crippen LogP contribution in [0.3, 0.4) is 0 Å². The Labute approximate surface area is 137 Å². The third-order valence-corrected chi connectivity index (χ3v) is 3.48. The zero-order valence-electron chi connectivity index (χ0n) is 12.6. The van der Waals surface area contributed by atoms with E-state index in [2.05, 4.69) is 10.5 Å². The van der Waals surface area contributed by atoms with E-state index in [1.165, 1.54) is 18.3 Å². The molecule has 7 heteroatoms. The average molecular weight is 322 g/mol. The second kappa shape index (κ2) is 6.74. The van der Waals surface area contributed by atoms with Crippen LogP contribution in [0.4, 0.5) is 5.69 Å². The Bertz CT molecular complexity index is 930. The molecule has 1 amide bonds. The lowest BCUT2D eigenvalue weighted by atomic mass is 10.2. The third kappa shape index (κ3) is 3.46. The number of benzene rings is 2. The number of nitrogens with one attached hydrogen (secondary N) is 1. The summed E-state index contributed by atoms with van der Waals surface area (Å²) in [5.74, 6) is -0.280. The standard InChI is InChI=1S/C17H14N4O3/c22-17(12-20-9-8-14-5-1-2-7-16(14)20)19-18-11-13-4-3-6-15(10-13)21(23)24/h1-11H,12H2,(H,19,22)/b18-11-. The van der Waals surface area contributed by atoms with Crippen LogP contribution in [0, 0.1) is 10.1 Å². The summed E-state index contributed by atoms with van der Waals surface area (Å²) in [6, 6.07) is 15.7. The van der Waals surface area contributed by atoms with Crippen molar-refractivity contribution >= 4 is 28.7 Å². The van der Waals surface area contributed by atoms with E-state index >= 15 is 0 Å². The summed E-state index contributed by atoms with van der Waals surface area (Å²) < 4.78 is 1.83. The molecule has 3 rings (SSSR count). The van der Waals surface area contributed by atoms with Crippen molar-refractivity contribution in [3.05, 3.63) is 76.5 Å². The molecule has 7 nitrogen and oxygen atoms in total. The molecule has 0 aliphatic rings. The van der Waals surface area contributed by atoms with Crippen molar-refractivity contribution in [1.82, 2.24) is 9.99 Å². The second-order valence-corrected chi connectivity index (χ2v) is 5.15. The van der Waals surface area contributed by atoms with Gasteiger partial charge in [0.1, 0.15) is 6.54 Å². The zero-order chi connectivity index (χ0) is 16.9. The molecule has 0 bridgehead atoms. The molecule has 0 unspecified atom stereocenters. The highest BCUT2D eigenvalue weighted by Crippen LogP contribution is 2.14. The molecule has 0 radical (unpaired) electrons. The van der Waals surface area contributed by atoms with Crippen LogP contribution in [0.1, 0.15) is 5.56 Å². The number of para-hydroxylation sites is 1. The van der Waals surface area contributed by atoms with Gasteiger partial charge in [-0.2, -0.15) is 5.10 Å². The Morgan fingerprint density at radius 3 is 2.88 bits per heavy atom. The fourth-order valence-corrected chi connectivity index (χ4v) is 2.37. The number of rotatable bonds is 5. The molecule has 120 valence electrons. The number of carbonyl (C=O) groups is 1. The van der Waals surface area contributed by atoms with Crippen molar-refractivity contribution in [2.75, 3.05) is 0 Å². The fraction of sp³-hybridized carbons (Fsp3) is 0.0588. The molecular formula is C17H14N4O3. The maximum absolute atomic E-state index is 12.0. The monoisotopic (exact) mass is 322 g/mol. The van der Waals surface area contributed by atoms with Crippen LogP contribution in [0.25, 0.3) is 10.9 Å². The lowest BCUT2D eigenvalue weighted by Crippen LogP contribution is -2.22. The summed E-state index contributed by atoms with van der Waals surface area (Å²) in [5.41, 5.74) is 3.90. The number of fused-ring (bicyclic) bond motifs is 1. The van der Waals surface area contributed by atoms with E-state index < -0.39 is 4.92 Å². The van der Waals surface area contributed by atoms with Gasteiger partial charge < -0.3 is 4.57 Å². The number of aromatic nitrogens is 1. The van der Waals surface area contributed by atoms with Crippen LogP contribution in [0.15, 0.2) is 65.9 Å². The molecule has 0 atom stereocenters. The first-order valence-electron chi connectivity index (χ1n) is 7.24. The van der Waals surface area contributed by atoms with Gasteiger partial charge in [0.05, 0.1) is 11.1 Å². The number of hydrogen-bond acceptors (Lipinski definition) is 4. The van der Waals surface area contributed by atoms with Crippen LogP contribution < -0.4 is 5.43 Å². The summed E-state index contributed by atoms with van der Waals surface area (Å²) in [6.07, 6.45) is 3.22. The fourth-order valence-electron chi connectivity index (χ4n) is 2.37. The van der Waals surface area contributed by atoms with E-state index in [1.54, 1.807) is 12.1 Å². The highest BCUT2D eigenvalue weighted by atomic mass is 16.6. The number of hydrazone groups is 1. The van der Waals surface area contributed by atoms with Crippen LogP contribution in [0.2, 0.25) is 0 Å². The van der Waals surface area contributed by atoms with E-state index in [0.29, 0.717) is 5.56 Å². The summed E-state index contributed by atoms with van der Waals surface area (Å²) in [5, 5.41) is 15.6. The maximum Gasteiger partial charge on any atom is 0.270 e. The SMILES string of the molecule is O=C(Cn1ccc2ccccc21)N/N=C\c1cccc([N+](=O)[O-])c1. The number of amides is 1. The molecule has 1 aromatic heterocycles. The van der Waals surface area contributed by atoms with Crippen LogP contribution >= 0.6 is 0 Å². The van der Waals surface area contributed by atoms with Crippen LogP contribution in [-0.4, -0.2) is 21.6 Å². The van der Waals surface area contributed by atoms with Crippen LogP contribution in [0.5, 0.6) is 0 Å². The van der Waals surface area contributed by atoms with Gasteiger partial charge in [-0.1, -0.05) is 30.3 Å². The average Bonchev–Trinajstić information content (AvgIpc) is 2.98. The minimum atomic E-state index is -0.479. The smallest absolute Gasteiger partial charge is 0.270 e. The first kappa shape index (κ1) is 15.4. The summed E-state index contributed by atoms with van der Waals surface area (Å²) in [7, 11) is 0. The van der Waals surface area contributed by atoms with Gasteiger partial charge in [0.15, 0.2) is 0 Å². The van der Waals surface area contributed by atoms with Crippen molar-refractivity contribution in [1.29, 1.82) is 0 Å². The molecule has 0 spiro atoms. The predicted octanol–water partition coefficient (Wildman–Crippen LogP) is 2.70. The molecule has 0 aliphatic carbocycles. The number of nitro groups is 1. The number of hydrogen-bond donors (Lipinski definition) is 1. The van der Waals surface area contributed by atoms with E-state index in [0.717, 1.165) is 10.9 Å². The molecule has 1 N–H and O–H groups in total. The van der Waals surface area contributed by atoms with E-state index in [-0.39, 0.29) is 18.1 Å². The van der Waals surface area contributed by atoms with E-state index in [1.807, 2.05) is 41.1 Å². The lowest BCUT2D eigenvalue weighted by Gasteiger charge is -2.04. The van der Waals surface area contributed by atoms with Gasteiger partial charge in [-0.05, 0) is 17.5 Å². The first-order chi connectivity index (χ1) is 11.6. The number of nitro benzene ring substituents is 1. The molecule has 3 aromatic rings. The normalized spacial score (nSPS) is 11.0. The van der Waals surface area contributed by atoms with Crippen molar-refractivity contribution in [3.8, 4) is 0 Å². The number of carbonyl (C=O) groups excluding carboxylic acids is 1. The minimum Gasteiger partial charge on any atom is -0.338 e. The molecule has 2 aromatic carbocycles. The van der Waals surface area contributed by atoms with Crippen molar-refractivity contribution in [2.45, 2.75) is 6.54 Å². The highest BCUT2D eigenvalue weighted by molar-refractivity contribution is 5.85. The number of non-ortho nitro benzene ring substituents is 1. The molecule has 1 heterocycles. The largest absolute Gasteiger partial charge is 0.338 e. The van der Waals surface area contributed by atoms with E-state index in [9.17, 15) is 14.9 Å². The van der Waals surface area contributed by atoms with Gasteiger partial charge in [0, 0.05) is 29.4 Å². The third-order valence-electron chi connectivity index (χ3n) is 3.48. The molecule has 0 saturated heterocycles. The second-order valence-electron chi connectivity index (χ2n) is 5.15. The van der Waals surface area contributed by atoms with Crippen LogP contribution in [-0.2, 0) is 11.3 Å². The van der Waals surface area contributed by atoms with Gasteiger partial charge in [-0.15, -0.1) is 0 Å². The predicted molar refractivity (Wildman–Crippen MR) is 90.8 cm³/mol. The Balaban J connectivity index is 1.63. The zero-order valence-corrected chi connectivity index (χ0v) is 12.6. The van der Waals surface area contributed by atoms with Crippen molar-refractivity contribution in [2.24, 2.45) is 5.10 Å². The van der Waals surface area contributed by atoms with Gasteiger partial charge in [-0.3, -0.25) is 14.9 Å². The lowest BCUT2D eigenvalue weighted by molar-refractivity contribution is -0.384. The summed E-state index contributed by atoms with van der Waals surface area (Å²) in [6.45, 7) is 0.139. The van der Waals surface area contributed by atoms with Gasteiger partial charge in [0.25, 0.3) is 11.6 Å². The molecule has 0 fully saturated rings. The van der Waals surface area contributed by atoms with Gasteiger partial charge >= 0.3 is 0 Å². The van der Waals surface area contributed by atoms with Gasteiger partial charge in [-0.25, -0.2) is 5.43 Å². The topological polar surface area (TPSA) is 89.5 Å². The molecular weight excluding hydrogens is 308 g/mol. The first-order valence-corrected chi connectivity index (χ1v) is 7.24. The quantitative estimate of drug-likeness (QED) is 0.445. The minimum absolute atomic E-state index is 0.0240. The summed E-state index contributed by atoms with van der Waals surface area (Å²) in [4.78, 5) is 22.2. The van der Waals surface area contributed by atoms with Crippen molar-refractivity contribution < 1.29 is 9.72 Å². The Morgan fingerprint density at radius 2 is 2.04 bits per heavy atom. The number of nitrogens with zero attached hydrogens (tertiary/aromatic N) is 3. The maximum atomic E-state index is 12.0. The summed E-state index contributed by atoms with van der Waals surface area (Å²) >= 11 is 0. The van der Waals surface area contributed by atoms with Gasteiger partial charge in [0.2, 0.25) is 0 Å². The Kier molecular flexibility index (Phi) is 4.33. The Morgan fingerprint density at radius 1 is 1.21 bits per heavy atom. The molecule has 24 heavy (non-hydrogen) atoms. The molecule has 0 aliphatic heterocycles. The molecule has 0 saturated carbocycles. The highest BCUT2D eigenvalue weighted by Gasteiger charge is 2.06. The Hall–Kier alpha value is -3.48.